The van der Waals surface area contributed by atoms with E-state index in [9.17, 15) is 8.78 Å². The number of benzene rings is 1. The minimum Gasteiger partial charge on any atom is -0.366 e. The molecule has 4 rings (SSSR count). The molecule has 8 heteroatoms. The van der Waals surface area contributed by atoms with Crippen LogP contribution in [0.1, 0.15) is 11.6 Å². The first-order valence-corrected chi connectivity index (χ1v) is 7.78. The molecule has 0 unspecified atom stereocenters. The molecule has 0 spiro atoms. The van der Waals surface area contributed by atoms with Gasteiger partial charge in [-0.3, -0.25) is 4.90 Å². The third-order valence-corrected chi connectivity index (χ3v) is 4.13. The highest BCUT2D eigenvalue weighted by Crippen LogP contribution is 2.20. The molecule has 1 aromatic carbocycles. The summed E-state index contributed by atoms with van der Waals surface area (Å²) in [6, 6.07) is 4.34. The number of likely N-dealkylation sites (tertiary alicyclic amines) is 1. The molecule has 0 radical (unpaired) electrons. The Morgan fingerprint density at radius 1 is 1.29 bits per heavy atom. The Labute approximate surface area is 136 Å². The van der Waals surface area contributed by atoms with Crippen molar-refractivity contribution in [1.82, 2.24) is 24.8 Å². The lowest BCUT2D eigenvalue weighted by Crippen LogP contribution is -2.24. The first-order valence-electron chi connectivity index (χ1n) is 7.78. The van der Waals surface area contributed by atoms with E-state index in [0.717, 1.165) is 5.82 Å². The lowest BCUT2D eigenvalue weighted by Gasteiger charge is -2.14. The Hall–Kier alpha value is -2.32. The Bertz CT molecular complexity index is 819. The Morgan fingerprint density at radius 3 is 3.04 bits per heavy atom. The molecule has 2 N–H and O–H groups in total. The van der Waals surface area contributed by atoms with E-state index in [-0.39, 0.29) is 12.4 Å². The molecule has 1 saturated heterocycles. The minimum absolute atomic E-state index is 0.163. The lowest BCUT2D eigenvalue weighted by molar-refractivity contribution is 0.00859. The van der Waals surface area contributed by atoms with Crippen LogP contribution in [0.5, 0.6) is 0 Å². The van der Waals surface area contributed by atoms with Gasteiger partial charge in [0.05, 0.1) is 17.6 Å². The van der Waals surface area contributed by atoms with Gasteiger partial charge in [0.2, 0.25) is 0 Å². The molecule has 1 fully saturated rings. The molecule has 3 heterocycles. The summed E-state index contributed by atoms with van der Waals surface area (Å²) in [7, 11) is 0. The maximum Gasteiger partial charge on any atom is 0.140 e. The number of H-pyrrole nitrogens is 2. The molecule has 0 bridgehead atoms. The van der Waals surface area contributed by atoms with Crippen LogP contribution < -0.4 is 0 Å². The monoisotopic (exact) mass is 333 g/mol. The summed E-state index contributed by atoms with van der Waals surface area (Å²) in [5.41, 5.74) is 1.27. The highest BCUT2D eigenvalue weighted by atomic mass is 19.1. The molecule has 3 aromatic rings. The van der Waals surface area contributed by atoms with Crippen molar-refractivity contribution >= 4 is 11.0 Å². The Balaban J connectivity index is 1.36. The number of nitrogens with one attached hydrogen (secondary N) is 2. The summed E-state index contributed by atoms with van der Waals surface area (Å²) in [4.78, 5) is 16.4. The molecule has 2 aromatic heterocycles. The fourth-order valence-corrected chi connectivity index (χ4v) is 2.98. The number of nitrogens with zero attached hydrogens (tertiary/aromatic N) is 3. The van der Waals surface area contributed by atoms with Crippen LogP contribution in [0.15, 0.2) is 30.6 Å². The number of rotatable bonds is 5. The van der Waals surface area contributed by atoms with Crippen molar-refractivity contribution in [2.45, 2.75) is 25.4 Å². The normalized spacial score (nSPS) is 21.8. The van der Waals surface area contributed by atoms with Crippen molar-refractivity contribution in [3.8, 4) is 0 Å². The third-order valence-electron chi connectivity index (χ3n) is 4.13. The Morgan fingerprint density at radius 2 is 2.21 bits per heavy atom. The molecule has 2 atom stereocenters. The van der Waals surface area contributed by atoms with Gasteiger partial charge >= 0.3 is 0 Å². The van der Waals surface area contributed by atoms with Gasteiger partial charge in [0.25, 0.3) is 0 Å². The molecular formula is C16H17F2N5O. The number of hydrogen-bond acceptors (Lipinski definition) is 4. The van der Waals surface area contributed by atoms with Crippen LogP contribution in [0.3, 0.4) is 0 Å². The van der Waals surface area contributed by atoms with Gasteiger partial charge in [-0.1, -0.05) is 0 Å². The number of hydrogen-bond donors (Lipinski definition) is 2. The maximum atomic E-state index is 14.1. The van der Waals surface area contributed by atoms with Crippen molar-refractivity contribution < 1.29 is 13.5 Å². The summed E-state index contributed by atoms with van der Waals surface area (Å²) < 4.78 is 33.0. The highest BCUT2D eigenvalue weighted by molar-refractivity contribution is 5.74. The maximum absolute atomic E-state index is 14.1. The molecule has 126 valence electrons. The molecule has 0 aliphatic carbocycles. The fourth-order valence-electron chi connectivity index (χ4n) is 2.98. The largest absolute Gasteiger partial charge is 0.366 e. The molecule has 1 aliphatic heterocycles. The number of aromatic nitrogens is 4. The number of halogens is 2. The molecule has 0 amide bonds. The van der Waals surface area contributed by atoms with Crippen molar-refractivity contribution in [3.05, 3.63) is 48.1 Å². The standard InChI is InChI=1S/C16H17F2N5O/c17-10-1-2-12-13(5-10)22-16(21-12)9-24-14-7-23(6-11(14)18)8-15-19-3-4-20-15/h1-5,11,14H,6-9H2,(H,19,20)(H,21,22)/t11-,14+/m1/s1. The molecule has 1 aliphatic rings. The summed E-state index contributed by atoms with van der Waals surface area (Å²) in [5.74, 6) is 1.04. The van der Waals surface area contributed by atoms with E-state index in [2.05, 4.69) is 19.9 Å². The van der Waals surface area contributed by atoms with Gasteiger partial charge in [-0.15, -0.1) is 0 Å². The van der Waals surface area contributed by atoms with Crippen molar-refractivity contribution in [3.63, 3.8) is 0 Å². The van der Waals surface area contributed by atoms with Gasteiger partial charge in [0.15, 0.2) is 0 Å². The lowest BCUT2D eigenvalue weighted by atomic mass is 10.3. The summed E-state index contributed by atoms with van der Waals surface area (Å²) >= 11 is 0. The average molecular weight is 333 g/mol. The van der Waals surface area contributed by atoms with E-state index >= 15 is 0 Å². The molecule has 0 saturated carbocycles. The SMILES string of the molecule is Fc1ccc2nc(CO[C@H]3CN(Cc4ncc[nH]4)C[C@H]3F)[nH]c2c1. The molecule has 6 nitrogen and oxygen atoms in total. The van der Waals surface area contributed by atoms with Crippen LogP contribution in [0, 0.1) is 5.82 Å². The second-order valence-corrected chi connectivity index (χ2v) is 5.94. The van der Waals surface area contributed by atoms with E-state index in [1.807, 2.05) is 4.90 Å². The number of ether oxygens (including phenoxy) is 1. The fraction of sp³-hybridized carbons (Fsp3) is 0.375. The van der Waals surface area contributed by atoms with Gasteiger partial charge in [-0.25, -0.2) is 18.7 Å². The van der Waals surface area contributed by atoms with Crippen molar-refractivity contribution in [1.29, 1.82) is 0 Å². The first-order chi connectivity index (χ1) is 11.7. The number of alkyl halides is 1. The van der Waals surface area contributed by atoms with Gasteiger partial charge in [0.1, 0.15) is 36.3 Å². The van der Waals surface area contributed by atoms with Gasteiger partial charge < -0.3 is 14.7 Å². The zero-order chi connectivity index (χ0) is 16.5. The molecular weight excluding hydrogens is 316 g/mol. The number of aromatic amines is 2. The second-order valence-electron chi connectivity index (χ2n) is 5.94. The second kappa shape index (κ2) is 6.29. The predicted molar refractivity (Wildman–Crippen MR) is 83.4 cm³/mol. The van der Waals surface area contributed by atoms with Gasteiger partial charge in [0, 0.05) is 25.5 Å². The van der Waals surface area contributed by atoms with E-state index in [4.69, 9.17) is 4.74 Å². The zero-order valence-corrected chi connectivity index (χ0v) is 12.9. The van der Waals surface area contributed by atoms with E-state index in [1.54, 1.807) is 18.5 Å². The van der Waals surface area contributed by atoms with E-state index in [0.29, 0.717) is 36.5 Å². The zero-order valence-electron chi connectivity index (χ0n) is 12.9. The van der Waals surface area contributed by atoms with Crippen LogP contribution in [0.2, 0.25) is 0 Å². The summed E-state index contributed by atoms with van der Waals surface area (Å²) in [5, 5.41) is 0. The minimum atomic E-state index is -1.05. The first kappa shape index (κ1) is 15.2. The third kappa shape index (κ3) is 3.15. The van der Waals surface area contributed by atoms with Gasteiger partial charge in [-0.05, 0) is 18.2 Å². The van der Waals surface area contributed by atoms with E-state index in [1.165, 1.54) is 12.1 Å². The Kier molecular flexibility index (Phi) is 3.99. The number of imidazole rings is 2. The van der Waals surface area contributed by atoms with Gasteiger partial charge in [-0.2, -0.15) is 0 Å². The number of fused-ring (bicyclic) bond motifs is 1. The smallest absolute Gasteiger partial charge is 0.140 e. The topological polar surface area (TPSA) is 69.8 Å². The summed E-state index contributed by atoms with van der Waals surface area (Å²) in [6.45, 7) is 1.54. The van der Waals surface area contributed by atoms with Crippen LogP contribution in [0.4, 0.5) is 8.78 Å². The van der Waals surface area contributed by atoms with E-state index < -0.39 is 12.3 Å². The van der Waals surface area contributed by atoms with Crippen LogP contribution in [-0.2, 0) is 17.9 Å². The van der Waals surface area contributed by atoms with Crippen LogP contribution in [-0.4, -0.2) is 50.2 Å². The molecule has 24 heavy (non-hydrogen) atoms. The summed E-state index contributed by atoms with van der Waals surface area (Å²) in [6.07, 6.45) is 1.86. The highest BCUT2D eigenvalue weighted by Gasteiger charge is 2.34. The van der Waals surface area contributed by atoms with Crippen LogP contribution >= 0.6 is 0 Å². The van der Waals surface area contributed by atoms with Crippen LogP contribution in [0.25, 0.3) is 11.0 Å². The predicted octanol–water partition coefficient (Wildman–Crippen LogP) is 2.16. The van der Waals surface area contributed by atoms with Crippen molar-refractivity contribution in [2.75, 3.05) is 13.1 Å². The van der Waals surface area contributed by atoms with Crippen molar-refractivity contribution in [2.24, 2.45) is 0 Å². The quantitative estimate of drug-likeness (QED) is 0.751. The average Bonchev–Trinajstić information content (AvgIpc) is 3.26.